The van der Waals surface area contributed by atoms with Crippen molar-refractivity contribution in [3.8, 4) is 0 Å². The fourth-order valence-corrected chi connectivity index (χ4v) is 2.32. The summed E-state index contributed by atoms with van der Waals surface area (Å²) >= 11 is 0. The molecule has 0 amide bonds. The Labute approximate surface area is 99.2 Å². The van der Waals surface area contributed by atoms with E-state index >= 15 is 0 Å². The lowest BCUT2D eigenvalue weighted by molar-refractivity contribution is -0.210. The van der Waals surface area contributed by atoms with Crippen LogP contribution in [0.4, 0.5) is 13.2 Å². The third-order valence-corrected chi connectivity index (χ3v) is 3.26. The Hall–Kier alpha value is -0.330. The van der Waals surface area contributed by atoms with Crippen molar-refractivity contribution in [2.24, 2.45) is 0 Å². The monoisotopic (exact) mass is 255 g/mol. The highest BCUT2D eigenvalue weighted by Crippen LogP contribution is 2.25. The molecule has 0 heterocycles. The molecule has 0 spiro atoms. The van der Waals surface area contributed by atoms with Crippen LogP contribution in [-0.4, -0.2) is 53.1 Å². The van der Waals surface area contributed by atoms with Crippen molar-refractivity contribution >= 4 is 0 Å². The summed E-state index contributed by atoms with van der Waals surface area (Å²) in [7, 11) is 0. The van der Waals surface area contributed by atoms with Crippen molar-refractivity contribution < 1.29 is 23.4 Å². The van der Waals surface area contributed by atoms with E-state index < -0.39 is 18.8 Å². The minimum absolute atomic E-state index is 0.0629. The average Bonchev–Trinajstić information content (AvgIpc) is 2.28. The summed E-state index contributed by atoms with van der Waals surface area (Å²) in [6.07, 6.45) is -2.07. The first-order valence-corrected chi connectivity index (χ1v) is 6.05. The van der Waals surface area contributed by atoms with Gasteiger partial charge in [0.2, 0.25) is 0 Å². The lowest BCUT2D eigenvalue weighted by Gasteiger charge is -2.35. The molecule has 6 heteroatoms. The van der Waals surface area contributed by atoms with Crippen molar-refractivity contribution in [1.82, 2.24) is 4.90 Å². The lowest BCUT2D eigenvalue weighted by atomic mass is 9.94. The van der Waals surface area contributed by atoms with Crippen LogP contribution in [0.3, 0.4) is 0 Å². The Kier molecular flexibility index (Phi) is 5.69. The van der Waals surface area contributed by atoms with E-state index in [1.807, 2.05) is 0 Å². The third-order valence-electron chi connectivity index (χ3n) is 3.26. The molecule has 1 aliphatic rings. The molecule has 1 aliphatic carbocycles. The number of aliphatic hydroxyl groups excluding tert-OH is 2. The van der Waals surface area contributed by atoms with Gasteiger partial charge in [0.15, 0.2) is 6.10 Å². The molecular formula is C11H20F3NO2. The summed E-state index contributed by atoms with van der Waals surface area (Å²) in [5, 5.41) is 17.9. The first-order chi connectivity index (χ1) is 7.95. The SMILES string of the molecule is OCCN(C[C@@H](O)C(F)(F)F)C1CCCCC1. The van der Waals surface area contributed by atoms with E-state index in [2.05, 4.69) is 0 Å². The Balaban J connectivity index is 2.52. The zero-order chi connectivity index (χ0) is 12.9. The number of nitrogens with zero attached hydrogens (tertiary/aromatic N) is 1. The molecule has 0 bridgehead atoms. The van der Waals surface area contributed by atoms with E-state index in [-0.39, 0.29) is 19.2 Å². The van der Waals surface area contributed by atoms with Crippen LogP contribution in [0.15, 0.2) is 0 Å². The van der Waals surface area contributed by atoms with Gasteiger partial charge in [-0.3, -0.25) is 4.90 Å². The molecule has 1 atom stereocenters. The molecule has 1 rings (SSSR count). The highest BCUT2D eigenvalue weighted by atomic mass is 19.4. The number of rotatable bonds is 5. The lowest BCUT2D eigenvalue weighted by Crippen LogP contribution is -2.47. The van der Waals surface area contributed by atoms with Crippen LogP contribution >= 0.6 is 0 Å². The maximum absolute atomic E-state index is 12.3. The third kappa shape index (κ3) is 4.81. The summed E-state index contributed by atoms with van der Waals surface area (Å²) in [6, 6.07) is 0.0629. The largest absolute Gasteiger partial charge is 0.415 e. The molecule has 0 aliphatic heterocycles. The summed E-state index contributed by atoms with van der Waals surface area (Å²) < 4.78 is 36.8. The first kappa shape index (κ1) is 14.7. The van der Waals surface area contributed by atoms with Crippen molar-refractivity contribution in [1.29, 1.82) is 0 Å². The van der Waals surface area contributed by atoms with Gasteiger partial charge >= 0.3 is 6.18 Å². The van der Waals surface area contributed by atoms with Crippen LogP contribution in [-0.2, 0) is 0 Å². The van der Waals surface area contributed by atoms with E-state index in [0.717, 1.165) is 32.1 Å². The van der Waals surface area contributed by atoms with Crippen molar-refractivity contribution in [2.75, 3.05) is 19.7 Å². The van der Waals surface area contributed by atoms with Crippen LogP contribution in [0.5, 0.6) is 0 Å². The summed E-state index contributed by atoms with van der Waals surface area (Å²) in [5.41, 5.74) is 0. The quantitative estimate of drug-likeness (QED) is 0.783. The average molecular weight is 255 g/mol. The molecule has 0 saturated heterocycles. The summed E-state index contributed by atoms with van der Waals surface area (Å²) in [5.74, 6) is 0. The smallest absolute Gasteiger partial charge is 0.395 e. The predicted molar refractivity (Wildman–Crippen MR) is 57.6 cm³/mol. The molecule has 0 aromatic rings. The topological polar surface area (TPSA) is 43.7 Å². The molecule has 1 fully saturated rings. The van der Waals surface area contributed by atoms with Gasteiger partial charge in [-0.2, -0.15) is 13.2 Å². The van der Waals surface area contributed by atoms with Crippen LogP contribution in [0.1, 0.15) is 32.1 Å². The maximum Gasteiger partial charge on any atom is 0.415 e. The fraction of sp³-hybridized carbons (Fsp3) is 1.00. The summed E-state index contributed by atoms with van der Waals surface area (Å²) in [6.45, 7) is -0.423. The van der Waals surface area contributed by atoms with E-state index in [9.17, 15) is 13.2 Å². The molecule has 102 valence electrons. The van der Waals surface area contributed by atoms with Gasteiger partial charge in [-0.1, -0.05) is 19.3 Å². The van der Waals surface area contributed by atoms with Crippen molar-refractivity contribution in [3.63, 3.8) is 0 Å². The van der Waals surface area contributed by atoms with E-state index in [1.165, 1.54) is 0 Å². The van der Waals surface area contributed by atoms with Crippen molar-refractivity contribution in [2.45, 2.75) is 50.4 Å². The van der Waals surface area contributed by atoms with Gasteiger partial charge in [0, 0.05) is 19.1 Å². The molecule has 0 unspecified atom stereocenters. The second kappa shape index (κ2) is 6.56. The van der Waals surface area contributed by atoms with Crippen molar-refractivity contribution in [3.05, 3.63) is 0 Å². The first-order valence-electron chi connectivity index (χ1n) is 6.05. The highest BCUT2D eigenvalue weighted by molar-refractivity contribution is 4.79. The van der Waals surface area contributed by atoms with Gasteiger partial charge < -0.3 is 10.2 Å². The molecule has 2 N–H and O–H groups in total. The number of aliphatic hydroxyl groups is 2. The minimum Gasteiger partial charge on any atom is -0.395 e. The second-order valence-corrected chi connectivity index (χ2v) is 4.57. The zero-order valence-electron chi connectivity index (χ0n) is 9.79. The van der Waals surface area contributed by atoms with Crippen LogP contribution < -0.4 is 0 Å². The number of alkyl halides is 3. The Morgan fingerprint density at radius 3 is 2.24 bits per heavy atom. The normalized spacial score (nSPS) is 20.8. The van der Waals surface area contributed by atoms with Gasteiger partial charge in [0.25, 0.3) is 0 Å². The van der Waals surface area contributed by atoms with E-state index in [4.69, 9.17) is 10.2 Å². The Bertz CT molecular complexity index is 217. The molecular weight excluding hydrogens is 235 g/mol. The zero-order valence-corrected chi connectivity index (χ0v) is 9.79. The number of hydrogen-bond acceptors (Lipinski definition) is 3. The molecule has 0 aromatic heterocycles. The molecule has 0 radical (unpaired) electrons. The van der Waals surface area contributed by atoms with Gasteiger partial charge in [-0.05, 0) is 12.8 Å². The van der Waals surface area contributed by atoms with Gasteiger partial charge in [-0.15, -0.1) is 0 Å². The van der Waals surface area contributed by atoms with Gasteiger partial charge in [-0.25, -0.2) is 0 Å². The maximum atomic E-state index is 12.3. The molecule has 0 aromatic carbocycles. The van der Waals surface area contributed by atoms with E-state index in [0.29, 0.717) is 0 Å². The minimum atomic E-state index is -4.58. The second-order valence-electron chi connectivity index (χ2n) is 4.57. The fourth-order valence-electron chi connectivity index (χ4n) is 2.32. The predicted octanol–water partition coefficient (Wildman–Crippen LogP) is 1.54. The van der Waals surface area contributed by atoms with E-state index in [1.54, 1.807) is 4.90 Å². The Morgan fingerprint density at radius 2 is 1.76 bits per heavy atom. The van der Waals surface area contributed by atoms with Gasteiger partial charge in [0.1, 0.15) is 0 Å². The van der Waals surface area contributed by atoms with Gasteiger partial charge in [0.05, 0.1) is 6.61 Å². The number of halogens is 3. The van der Waals surface area contributed by atoms with Crippen LogP contribution in [0.2, 0.25) is 0 Å². The van der Waals surface area contributed by atoms with Crippen LogP contribution in [0.25, 0.3) is 0 Å². The molecule has 3 nitrogen and oxygen atoms in total. The summed E-state index contributed by atoms with van der Waals surface area (Å²) in [4.78, 5) is 1.57. The molecule has 1 saturated carbocycles. The standard InChI is InChI=1S/C11H20F3NO2/c12-11(13,14)10(17)8-15(6-7-16)9-4-2-1-3-5-9/h9-10,16-17H,1-8H2/t10-/m1/s1. The molecule has 17 heavy (non-hydrogen) atoms. The Morgan fingerprint density at radius 1 is 1.18 bits per heavy atom. The number of hydrogen-bond donors (Lipinski definition) is 2. The van der Waals surface area contributed by atoms with Crippen LogP contribution in [0, 0.1) is 0 Å². The highest BCUT2D eigenvalue weighted by Gasteiger charge is 2.40.